The van der Waals surface area contributed by atoms with Gasteiger partial charge in [-0.3, -0.25) is 0 Å². The number of hydrogen-bond donors (Lipinski definition) is 2. The highest BCUT2D eigenvalue weighted by Gasteiger charge is 2.44. The van der Waals surface area contributed by atoms with Gasteiger partial charge in [0, 0.05) is 11.7 Å². The van der Waals surface area contributed by atoms with Crippen LogP contribution in [-0.2, 0) is 10.3 Å². The van der Waals surface area contributed by atoms with Crippen LogP contribution in [0.4, 0.5) is 0 Å². The van der Waals surface area contributed by atoms with Gasteiger partial charge in [0.1, 0.15) is 5.54 Å². The molecule has 0 saturated carbocycles. The van der Waals surface area contributed by atoms with Crippen LogP contribution in [0.3, 0.4) is 0 Å². The van der Waals surface area contributed by atoms with Crippen molar-refractivity contribution in [2.24, 2.45) is 5.73 Å². The highest BCUT2D eigenvalue weighted by Crippen LogP contribution is 2.37. The maximum absolute atomic E-state index is 12.0. The van der Waals surface area contributed by atoms with Gasteiger partial charge in [-0.2, -0.15) is 11.8 Å². The van der Waals surface area contributed by atoms with E-state index in [1.54, 1.807) is 23.9 Å². The summed E-state index contributed by atoms with van der Waals surface area (Å²) in [4.78, 5) is 12.0. The summed E-state index contributed by atoms with van der Waals surface area (Å²) in [5.41, 5.74) is 6.54. The van der Waals surface area contributed by atoms with Crippen molar-refractivity contribution in [2.45, 2.75) is 11.5 Å². The molecule has 21 heavy (non-hydrogen) atoms. The van der Waals surface area contributed by atoms with Gasteiger partial charge in [-0.05, 0) is 17.4 Å². The van der Waals surface area contributed by atoms with E-state index < -0.39 is 11.5 Å². The van der Waals surface area contributed by atoms with Gasteiger partial charge in [0.05, 0.1) is 0 Å². The minimum atomic E-state index is -1.44. The summed E-state index contributed by atoms with van der Waals surface area (Å²) < 4.78 is 0. The highest BCUT2D eigenvalue weighted by atomic mass is 32.2. The van der Waals surface area contributed by atoms with Crippen LogP contribution in [0.25, 0.3) is 0 Å². The first kappa shape index (κ1) is 15.6. The molecule has 0 heterocycles. The predicted octanol–water partition coefficient (Wildman–Crippen LogP) is 3.07. The zero-order valence-electron chi connectivity index (χ0n) is 11.9. The second-order valence-corrected chi connectivity index (χ2v) is 5.87. The molecule has 2 rings (SSSR count). The van der Waals surface area contributed by atoms with Gasteiger partial charge in [0.2, 0.25) is 0 Å². The molecule has 0 fully saturated rings. The maximum Gasteiger partial charge on any atom is 0.329 e. The number of nitrogens with two attached hydrogens (primary N) is 1. The molecule has 110 valence electrons. The van der Waals surface area contributed by atoms with Crippen LogP contribution < -0.4 is 5.73 Å². The Kier molecular flexibility index (Phi) is 5.04. The quantitative estimate of drug-likeness (QED) is 0.860. The van der Waals surface area contributed by atoms with Crippen molar-refractivity contribution in [3.63, 3.8) is 0 Å². The molecule has 2 aromatic rings. The van der Waals surface area contributed by atoms with E-state index in [-0.39, 0.29) is 5.92 Å². The number of carboxylic acids is 1. The molecule has 4 heteroatoms. The molecule has 0 spiro atoms. The molecule has 0 amide bonds. The zero-order valence-corrected chi connectivity index (χ0v) is 12.7. The zero-order chi connectivity index (χ0) is 15.3. The van der Waals surface area contributed by atoms with Crippen molar-refractivity contribution in [2.75, 3.05) is 12.0 Å². The lowest BCUT2D eigenvalue weighted by Gasteiger charge is -2.34. The summed E-state index contributed by atoms with van der Waals surface area (Å²) in [6, 6.07) is 18.7. The largest absolute Gasteiger partial charge is 0.480 e. The lowest BCUT2D eigenvalue weighted by Crippen LogP contribution is -2.50. The van der Waals surface area contributed by atoms with Crippen LogP contribution in [0.2, 0.25) is 0 Å². The van der Waals surface area contributed by atoms with E-state index in [0.717, 1.165) is 5.56 Å². The van der Waals surface area contributed by atoms with Gasteiger partial charge in [0.25, 0.3) is 0 Å². The molecule has 3 N–H and O–H groups in total. The first-order valence-electron chi connectivity index (χ1n) is 6.72. The first-order chi connectivity index (χ1) is 10.1. The predicted molar refractivity (Wildman–Crippen MR) is 87.5 cm³/mol. The molecule has 0 aromatic heterocycles. The van der Waals surface area contributed by atoms with Gasteiger partial charge < -0.3 is 10.8 Å². The van der Waals surface area contributed by atoms with Gasteiger partial charge in [-0.25, -0.2) is 4.79 Å². The van der Waals surface area contributed by atoms with Crippen molar-refractivity contribution < 1.29 is 9.90 Å². The molecule has 0 radical (unpaired) electrons. The lowest BCUT2D eigenvalue weighted by atomic mass is 9.76. The molecule has 2 atom stereocenters. The second kappa shape index (κ2) is 6.78. The average Bonchev–Trinajstić information content (AvgIpc) is 2.53. The number of aliphatic carboxylic acids is 1. The lowest BCUT2D eigenvalue weighted by molar-refractivity contribution is -0.144. The van der Waals surface area contributed by atoms with Crippen molar-refractivity contribution in [1.29, 1.82) is 0 Å². The Morgan fingerprint density at radius 1 is 1.14 bits per heavy atom. The van der Waals surface area contributed by atoms with Crippen LogP contribution >= 0.6 is 11.8 Å². The summed E-state index contributed by atoms with van der Waals surface area (Å²) in [5.74, 6) is -0.660. The monoisotopic (exact) mass is 301 g/mol. The van der Waals surface area contributed by atoms with E-state index in [9.17, 15) is 9.90 Å². The minimum absolute atomic E-state index is 0.298. The van der Waals surface area contributed by atoms with E-state index in [4.69, 9.17) is 5.73 Å². The van der Waals surface area contributed by atoms with E-state index >= 15 is 0 Å². The summed E-state index contributed by atoms with van der Waals surface area (Å²) in [5, 5.41) is 9.81. The fraction of sp³-hybridized carbons (Fsp3) is 0.235. The molecule has 2 unspecified atom stereocenters. The van der Waals surface area contributed by atoms with E-state index in [2.05, 4.69) is 0 Å². The van der Waals surface area contributed by atoms with Crippen LogP contribution in [0.1, 0.15) is 17.0 Å². The Bertz CT molecular complexity index is 588. The van der Waals surface area contributed by atoms with Crippen molar-refractivity contribution in [3.05, 3.63) is 71.8 Å². The molecule has 0 saturated heterocycles. The van der Waals surface area contributed by atoms with Crippen molar-refractivity contribution in [1.82, 2.24) is 0 Å². The minimum Gasteiger partial charge on any atom is -0.480 e. The van der Waals surface area contributed by atoms with Crippen LogP contribution in [0.15, 0.2) is 60.7 Å². The molecule has 0 aliphatic heterocycles. The summed E-state index contributed by atoms with van der Waals surface area (Å²) >= 11 is 1.60. The SMILES string of the molecule is CSCC(c1ccccc1)C(N)(C(=O)O)c1ccccc1. The number of carbonyl (C=O) groups is 1. The van der Waals surface area contributed by atoms with Crippen LogP contribution in [0.5, 0.6) is 0 Å². The molecule has 0 bridgehead atoms. The molecular formula is C17H19NO2S. The third-order valence-corrected chi connectivity index (χ3v) is 4.36. The summed E-state index contributed by atoms with van der Waals surface area (Å²) in [6.07, 6.45) is 1.96. The van der Waals surface area contributed by atoms with E-state index in [0.29, 0.717) is 11.3 Å². The number of carboxylic acid groups (broad SMARTS) is 1. The standard InChI is InChI=1S/C17H19NO2S/c1-21-12-15(13-8-4-2-5-9-13)17(18,16(19)20)14-10-6-3-7-11-14/h2-11,15H,12,18H2,1H3,(H,19,20). The molecular weight excluding hydrogens is 282 g/mol. The Morgan fingerprint density at radius 3 is 2.14 bits per heavy atom. The number of thioether (sulfide) groups is 1. The molecule has 3 nitrogen and oxygen atoms in total. The average molecular weight is 301 g/mol. The van der Waals surface area contributed by atoms with Gasteiger partial charge >= 0.3 is 5.97 Å². The van der Waals surface area contributed by atoms with Gasteiger partial charge in [-0.1, -0.05) is 60.7 Å². The van der Waals surface area contributed by atoms with Crippen LogP contribution in [0, 0.1) is 0 Å². The maximum atomic E-state index is 12.0. The van der Waals surface area contributed by atoms with Crippen LogP contribution in [-0.4, -0.2) is 23.1 Å². The third-order valence-electron chi connectivity index (χ3n) is 3.69. The number of hydrogen-bond acceptors (Lipinski definition) is 3. The Labute approximate surface area is 129 Å². The Balaban J connectivity index is 2.55. The van der Waals surface area contributed by atoms with Crippen molar-refractivity contribution in [3.8, 4) is 0 Å². The number of benzene rings is 2. The smallest absolute Gasteiger partial charge is 0.329 e. The third kappa shape index (κ3) is 3.12. The van der Waals surface area contributed by atoms with Gasteiger partial charge in [-0.15, -0.1) is 0 Å². The number of rotatable bonds is 6. The first-order valence-corrected chi connectivity index (χ1v) is 8.11. The molecule has 2 aromatic carbocycles. The molecule has 0 aliphatic carbocycles. The summed E-state index contributed by atoms with van der Waals surface area (Å²) in [6.45, 7) is 0. The fourth-order valence-corrected chi connectivity index (χ4v) is 3.32. The second-order valence-electron chi connectivity index (χ2n) is 4.96. The normalized spacial score (nSPS) is 15.1. The van der Waals surface area contributed by atoms with E-state index in [1.807, 2.05) is 54.8 Å². The summed E-state index contributed by atoms with van der Waals surface area (Å²) in [7, 11) is 0. The molecule has 0 aliphatic rings. The van der Waals surface area contributed by atoms with Gasteiger partial charge in [0.15, 0.2) is 0 Å². The fourth-order valence-electron chi connectivity index (χ4n) is 2.53. The highest BCUT2D eigenvalue weighted by molar-refractivity contribution is 7.98. The Hall–Kier alpha value is -1.78. The topological polar surface area (TPSA) is 63.3 Å². The van der Waals surface area contributed by atoms with E-state index in [1.165, 1.54) is 0 Å². The van der Waals surface area contributed by atoms with Crippen molar-refractivity contribution >= 4 is 17.7 Å². The Morgan fingerprint density at radius 2 is 1.67 bits per heavy atom.